The quantitative estimate of drug-likeness (QED) is 0.892. The molecule has 0 saturated carbocycles. The molecular formula is C14H15N5. The fourth-order valence-electron chi connectivity index (χ4n) is 2.60. The summed E-state index contributed by atoms with van der Waals surface area (Å²) in [6, 6.07) is 7.90. The number of imidazole rings is 1. The smallest absolute Gasteiger partial charge is 0.142 e. The van der Waals surface area contributed by atoms with Gasteiger partial charge in [0.2, 0.25) is 0 Å². The van der Waals surface area contributed by atoms with Gasteiger partial charge in [0.25, 0.3) is 0 Å². The minimum atomic E-state index is 0.227. The number of pyridine rings is 1. The first-order valence-electron chi connectivity index (χ1n) is 6.51. The maximum absolute atomic E-state index is 8.96. The third-order valence-corrected chi connectivity index (χ3v) is 3.48. The van der Waals surface area contributed by atoms with E-state index in [0.29, 0.717) is 5.69 Å². The van der Waals surface area contributed by atoms with Crippen molar-refractivity contribution >= 4 is 5.82 Å². The van der Waals surface area contributed by atoms with Crippen molar-refractivity contribution in [2.45, 2.75) is 25.3 Å². The van der Waals surface area contributed by atoms with Gasteiger partial charge in [-0.3, -0.25) is 0 Å². The summed E-state index contributed by atoms with van der Waals surface area (Å²) < 4.78 is 0. The Morgan fingerprint density at radius 1 is 1.37 bits per heavy atom. The molecule has 0 amide bonds. The molecule has 0 spiro atoms. The first-order chi connectivity index (χ1) is 9.38. The average molecular weight is 253 g/mol. The Morgan fingerprint density at radius 3 is 3.11 bits per heavy atom. The molecule has 1 saturated heterocycles. The number of hydrogen-bond acceptors (Lipinski definition) is 4. The molecule has 3 heterocycles. The number of aromatic amines is 1. The number of aromatic nitrogens is 3. The highest BCUT2D eigenvalue weighted by molar-refractivity contribution is 5.44. The molecule has 5 nitrogen and oxygen atoms in total. The van der Waals surface area contributed by atoms with Gasteiger partial charge < -0.3 is 9.88 Å². The van der Waals surface area contributed by atoms with E-state index in [-0.39, 0.29) is 6.04 Å². The highest BCUT2D eigenvalue weighted by Gasteiger charge is 2.26. The minimum Gasteiger partial charge on any atom is -0.347 e. The van der Waals surface area contributed by atoms with Crippen LogP contribution in [0.15, 0.2) is 30.6 Å². The third-order valence-electron chi connectivity index (χ3n) is 3.48. The van der Waals surface area contributed by atoms with E-state index < -0.39 is 0 Å². The summed E-state index contributed by atoms with van der Waals surface area (Å²) in [4.78, 5) is 14.2. The second-order valence-corrected chi connectivity index (χ2v) is 4.67. The lowest BCUT2D eigenvalue weighted by atomic mass is 10.0. The molecule has 0 aromatic carbocycles. The highest BCUT2D eigenvalue weighted by Crippen LogP contribution is 2.32. The lowest BCUT2D eigenvalue weighted by Crippen LogP contribution is -2.34. The van der Waals surface area contributed by atoms with Crippen LogP contribution in [0.25, 0.3) is 0 Å². The molecule has 1 aliphatic rings. The maximum Gasteiger partial charge on any atom is 0.142 e. The second-order valence-electron chi connectivity index (χ2n) is 4.67. The summed E-state index contributed by atoms with van der Waals surface area (Å²) in [6.07, 6.45) is 7.03. The van der Waals surface area contributed by atoms with E-state index in [1.807, 2.05) is 18.3 Å². The molecule has 2 aromatic rings. The van der Waals surface area contributed by atoms with Crippen molar-refractivity contribution in [1.29, 1.82) is 5.26 Å². The first-order valence-corrected chi connectivity index (χ1v) is 6.51. The molecule has 96 valence electrons. The highest BCUT2D eigenvalue weighted by atomic mass is 15.2. The van der Waals surface area contributed by atoms with Crippen molar-refractivity contribution in [2.75, 3.05) is 11.4 Å². The number of hydrogen-bond donors (Lipinski definition) is 1. The van der Waals surface area contributed by atoms with Crippen molar-refractivity contribution in [3.05, 3.63) is 42.1 Å². The van der Waals surface area contributed by atoms with Crippen molar-refractivity contribution in [2.24, 2.45) is 0 Å². The van der Waals surface area contributed by atoms with E-state index in [1.54, 1.807) is 12.3 Å². The van der Waals surface area contributed by atoms with E-state index in [2.05, 4.69) is 25.9 Å². The largest absolute Gasteiger partial charge is 0.347 e. The number of H-pyrrole nitrogens is 1. The van der Waals surface area contributed by atoms with Gasteiger partial charge in [0.05, 0.1) is 6.04 Å². The Hall–Kier alpha value is -2.35. The van der Waals surface area contributed by atoms with Crippen molar-refractivity contribution in [3.8, 4) is 6.07 Å². The number of nitrogens with one attached hydrogen (secondary N) is 1. The van der Waals surface area contributed by atoms with E-state index in [4.69, 9.17) is 5.26 Å². The number of nitriles is 1. The van der Waals surface area contributed by atoms with Gasteiger partial charge in [0.1, 0.15) is 23.4 Å². The zero-order valence-electron chi connectivity index (χ0n) is 10.6. The summed E-state index contributed by atoms with van der Waals surface area (Å²) in [7, 11) is 0. The minimum absolute atomic E-state index is 0.227. The van der Waals surface area contributed by atoms with Crippen molar-refractivity contribution in [1.82, 2.24) is 15.0 Å². The lowest BCUT2D eigenvalue weighted by Gasteiger charge is -2.35. The van der Waals surface area contributed by atoms with Gasteiger partial charge in [-0.15, -0.1) is 0 Å². The molecule has 2 aromatic heterocycles. The molecule has 5 heteroatoms. The summed E-state index contributed by atoms with van der Waals surface area (Å²) in [5.41, 5.74) is 0.460. The molecule has 1 aliphatic heterocycles. The van der Waals surface area contributed by atoms with E-state index >= 15 is 0 Å². The fraction of sp³-hybridized carbons (Fsp3) is 0.357. The van der Waals surface area contributed by atoms with Crippen LogP contribution >= 0.6 is 0 Å². The SMILES string of the molecule is N#Cc1cccc(N2CCCCC2c2ncc[nH]2)n1. The maximum atomic E-state index is 8.96. The van der Waals surface area contributed by atoms with E-state index in [0.717, 1.165) is 31.0 Å². The van der Waals surface area contributed by atoms with Crippen LogP contribution in [0.5, 0.6) is 0 Å². The first kappa shape index (κ1) is 11.7. The van der Waals surface area contributed by atoms with Crippen molar-refractivity contribution in [3.63, 3.8) is 0 Å². The molecule has 0 radical (unpaired) electrons. The Labute approximate surface area is 111 Å². The summed E-state index contributed by atoms with van der Waals surface area (Å²) in [6.45, 7) is 0.952. The molecule has 1 atom stereocenters. The van der Waals surface area contributed by atoms with Crippen molar-refractivity contribution < 1.29 is 0 Å². The molecule has 1 N–H and O–H groups in total. The topological polar surface area (TPSA) is 68.6 Å². The van der Waals surface area contributed by atoms with Gasteiger partial charge in [-0.05, 0) is 31.4 Å². The number of nitrogens with zero attached hydrogens (tertiary/aromatic N) is 4. The van der Waals surface area contributed by atoms with E-state index in [9.17, 15) is 0 Å². The summed E-state index contributed by atoms with van der Waals surface area (Å²) in [5.74, 6) is 1.84. The lowest BCUT2D eigenvalue weighted by molar-refractivity contribution is 0.455. The molecule has 3 rings (SSSR count). The van der Waals surface area contributed by atoms with Crippen LogP contribution in [0.1, 0.15) is 36.8 Å². The molecule has 1 fully saturated rings. The van der Waals surface area contributed by atoms with Gasteiger partial charge >= 0.3 is 0 Å². The van der Waals surface area contributed by atoms with Crippen LogP contribution in [0.3, 0.4) is 0 Å². The fourth-order valence-corrected chi connectivity index (χ4v) is 2.60. The van der Waals surface area contributed by atoms with Crippen LogP contribution in [0.4, 0.5) is 5.82 Å². The average Bonchev–Trinajstić information content (AvgIpc) is 3.01. The Kier molecular flexibility index (Phi) is 3.15. The van der Waals surface area contributed by atoms with Crippen LogP contribution in [0.2, 0.25) is 0 Å². The standard InChI is InChI=1S/C14H15N5/c15-10-11-4-3-6-13(18-11)19-9-2-1-5-12(19)14-16-7-8-17-14/h3-4,6-8,12H,1-2,5,9H2,(H,16,17). The molecule has 1 unspecified atom stereocenters. The predicted molar refractivity (Wildman–Crippen MR) is 71.5 cm³/mol. The van der Waals surface area contributed by atoms with E-state index in [1.165, 1.54) is 6.42 Å². The van der Waals surface area contributed by atoms with Crippen LogP contribution in [0, 0.1) is 11.3 Å². The van der Waals surface area contributed by atoms with Crippen LogP contribution in [-0.4, -0.2) is 21.5 Å². The second kappa shape index (κ2) is 5.11. The number of anilines is 1. The normalized spacial score (nSPS) is 19.1. The summed E-state index contributed by atoms with van der Waals surface area (Å²) >= 11 is 0. The van der Waals surface area contributed by atoms with Crippen LogP contribution < -0.4 is 4.90 Å². The molecule has 19 heavy (non-hydrogen) atoms. The zero-order chi connectivity index (χ0) is 13.1. The molecular weight excluding hydrogens is 238 g/mol. The zero-order valence-corrected chi connectivity index (χ0v) is 10.6. The monoisotopic (exact) mass is 253 g/mol. The summed E-state index contributed by atoms with van der Waals surface area (Å²) in [5, 5.41) is 8.96. The Bertz CT molecular complexity index is 584. The van der Waals surface area contributed by atoms with Gasteiger partial charge in [-0.2, -0.15) is 5.26 Å². The third kappa shape index (κ3) is 2.29. The Morgan fingerprint density at radius 2 is 2.32 bits per heavy atom. The van der Waals surface area contributed by atoms with Crippen LogP contribution in [-0.2, 0) is 0 Å². The Balaban J connectivity index is 1.94. The van der Waals surface area contributed by atoms with Gasteiger partial charge in [0.15, 0.2) is 0 Å². The van der Waals surface area contributed by atoms with Gasteiger partial charge in [-0.1, -0.05) is 6.07 Å². The van der Waals surface area contributed by atoms with Gasteiger partial charge in [-0.25, -0.2) is 9.97 Å². The van der Waals surface area contributed by atoms with Gasteiger partial charge in [0, 0.05) is 18.9 Å². The number of rotatable bonds is 2. The number of piperidine rings is 1. The molecule has 0 aliphatic carbocycles. The molecule has 0 bridgehead atoms. The predicted octanol–water partition coefficient (Wildman–Crippen LogP) is 2.41.